The van der Waals surface area contributed by atoms with Crippen molar-refractivity contribution in [3.8, 4) is 0 Å². The maximum absolute atomic E-state index is 12.4. The Balaban J connectivity index is 1.66. The molecule has 1 aliphatic heterocycles. The van der Waals surface area contributed by atoms with Gasteiger partial charge in [0.2, 0.25) is 0 Å². The Hall–Kier alpha value is -2.48. The molecule has 1 saturated heterocycles. The van der Waals surface area contributed by atoms with Crippen molar-refractivity contribution in [2.45, 2.75) is 26.5 Å². The summed E-state index contributed by atoms with van der Waals surface area (Å²) in [5, 5.41) is 10.9. The summed E-state index contributed by atoms with van der Waals surface area (Å²) in [6.45, 7) is 6.16. The van der Waals surface area contributed by atoms with E-state index in [1.807, 2.05) is 30.5 Å². The Kier molecular flexibility index (Phi) is 4.52. The molecule has 1 atom stereocenters. The first-order valence-electron chi connectivity index (χ1n) is 7.65. The third-order valence-corrected chi connectivity index (χ3v) is 3.79. The number of hydrogen-bond donors (Lipinski definition) is 1. The van der Waals surface area contributed by atoms with Gasteiger partial charge in [-0.3, -0.25) is 4.98 Å². The third kappa shape index (κ3) is 3.48. The van der Waals surface area contributed by atoms with Gasteiger partial charge in [0.15, 0.2) is 5.82 Å². The highest BCUT2D eigenvalue weighted by molar-refractivity contribution is 5.89. The maximum atomic E-state index is 12.4. The summed E-state index contributed by atoms with van der Waals surface area (Å²) in [6.07, 6.45) is 3.07. The van der Waals surface area contributed by atoms with Crippen LogP contribution in [0.5, 0.6) is 0 Å². The van der Waals surface area contributed by atoms with Crippen molar-refractivity contribution in [3.05, 3.63) is 36.2 Å². The summed E-state index contributed by atoms with van der Waals surface area (Å²) in [7, 11) is 0. The Bertz CT molecular complexity index is 669. The smallest absolute Gasteiger partial charge is 0.322 e. The first-order chi connectivity index (χ1) is 11.2. The number of aryl methyl sites for hydroxylation is 2. The molecule has 23 heavy (non-hydrogen) atoms. The Morgan fingerprint density at radius 3 is 3.09 bits per heavy atom. The normalized spacial score (nSPS) is 18.0. The molecule has 0 spiro atoms. The molecule has 0 saturated carbocycles. The van der Waals surface area contributed by atoms with Gasteiger partial charge in [-0.1, -0.05) is 0 Å². The number of carbonyl (C=O) groups excluding carboxylic acids is 1. The average molecular weight is 316 g/mol. The SMILES string of the molecule is CCn1cnnc1[C@H]1CN(C(=O)Nc2ccc(C)nc2)CCO1. The lowest BCUT2D eigenvalue weighted by Gasteiger charge is -2.32. The van der Waals surface area contributed by atoms with Gasteiger partial charge in [0, 0.05) is 18.8 Å². The summed E-state index contributed by atoms with van der Waals surface area (Å²) in [5.41, 5.74) is 1.59. The van der Waals surface area contributed by atoms with E-state index in [0.29, 0.717) is 25.4 Å². The first-order valence-corrected chi connectivity index (χ1v) is 7.65. The van der Waals surface area contributed by atoms with Crippen LogP contribution in [0.15, 0.2) is 24.7 Å². The zero-order valence-electron chi connectivity index (χ0n) is 13.3. The van der Waals surface area contributed by atoms with E-state index in [4.69, 9.17) is 4.74 Å². The number of rotatable bonds is 3. The van der Waals surface area contributed by atoms with Gasteiger partial charge in [0.1, 0.15) is 12.4 Å². The van der Waals surface area contributed by atoms with Crippen molar-refractivity contribution in [1.82, 2.24) is 24.6 Å². The fraction of sp³-hybridized carbons (Fsp3) is 0.467. The molecule has 1 aliphatic rings. The summed E-state index contributed by atoms with van der Waals surface area (Å²) in [4.78, 5) is 18.3. The van der Waals surface area contributed by atoms with Gasteiger partial charge < -0.3 is 19.5 Å². The average Bonchev–Trinajstić information content (AvgIpc) is 3.06. The monoisotopic (exact) mass is 316 g/mol. The number of aromatic nitrogens is 4. The molecule has 2 aromatic heterocycles. The molecule has 8 nitrogen and oxygen atoms in total. The molecular weight excluding hydrogens is 296 g/mol. The van der Waals surface area contributed by atoms with Gasteiger partial charge in [-0.05, 0) is 26.0 Å². The highest BCUT2D eigenvalue weighted by Gasteiger charge is 2.28. The number of nitrogens with zero attached hydrogens (tertiary/aromatic N) is 5. The zero-order valence-corrected chi connectivity index (χ0v) is 13.3. The second-order valence-corrected chi connectivity index (χ2v) is 5.40. The van der Waals surface area contributed by atoms with Crippen molar-refractivity contribution < 1.29 is 9.53 Å². The van der Waals surface area contributed by atoms with Crippen LogP contribution >= 0.6 is 0 Å². The van der Waals surface area contributed by atoms with Crippen molar-refractivity contribution >= 4 is 11.7 Å². The van der Waals surface area contributed by atoms with E-state index in [9.17, 15) is 4.79 Å². The fourth-order valence-electron chi connectivity index (χ4n) is 2.49. The Morgan fingerprint density at radius 1 is 1.48 bits per heavy atom. The van der Waals surface area contributed by atoms with Gasteiger partial charge in [-0.25, -0.2) is 4.79 Å². The van der Waals surface area contributed by atoms with Crippen molar-refractivity contribution in [1.29, 1.82) is 0 Å². The molecule has 3 rings (SSSR count). The number of urea groups is 1. The van der Waals surface area contributed by atoms with Gasteiger partial charge >= 0.3 is 6.03 Å². The first kappa shape index (κ1) is 15.4. The van der Waals surface area contributed by atoms with Crippen LogP contribution < -0.4 is 5.32 Å². The highest BCUT2D eigenvalue weighted by Crippen LogP contribution is 2.21. The Labute approximate surface area is 134 Å². The number of anilines is 1. The molecule has 0 radical (unpaired) electrons. The Morgan fingerprint density at radius 2 is 2.35 bits per heavy atom. The zero-order chi connectivity index (χ0) is 16.2. The van der Waals surface area contributed by atoms with Gasteiger partial charge in [-0.15, -0.1) is 10.2 Å². The lowest BCUT2D eigenvalue weighted by molar-refractivity contribution is -0.0199. The third-order valence-electron chi connectivity index (χ3n) is 3.79. The lowest BCUT2D eigenvalue weighted by Crippen LogP contribution is -2.44. The van der Waals surface area contributed by atoms with Crippen LogP contribution in [0.25, 0.3) is 0 Å². The minimum absolute atomic E-state index is 0.161. The molecule has 8 heteroatoms. The molecule has 2 aromatic rings. The van der Waals surface area contributed by atoms with E-state index >= 15 is 0 Å². The van der Waals surface area contributed by atoms with Gasteiger partial charge in [0.25, 0.3) is 0 Å². The van der Waals surface area contributed by atoms with Crippen LogP contribution in [0, 0.1) is 6.92 Å². The van der Waals surface area contributed by atoms with Gasteiger partial charge in [0.05, 0.1) is 25.0 Å². The standard InChI is InChI=1S/C15H20N6O2/c1-3-20-10-17-19-14(20)13-9-21(6-7-23-13)15(22)18-12-5-4-11(2)16-8-12/h4-5,8,10,13H,3,6-7,9H2,1-2H3,(H,18,22)/t13-/m1/s1. The summed E-state index contributed by atoms with van der Waals surface area (Å²) < 4.78 is 7.68. The maximum Gasteiger partial charge on any atom is 0.322 e. The molecule has 1 N–H and O–H groups in total. The second kappa shape index (κ2) is 6.74. The van der Waals surface area contributed by atoms with Crippen molar-refractivity contribution in [2.75, 3.05) is 25.0 Å². The van der Waals surface area contributed by atoms with E-state index < -0.39 is 0 Å². The van der Waals surface area contributed by atoms with Crippen LogP contribution in [0.1, 0.15) is 24.5 Å². The fourth-order valence-corrected chi connectivity index (χ4v) is 2.49. The molecule has 0 aromatic carbocycles. The van der Waals surface area contributed by atoms with Gasteiger partial charge in [-0.2, -0.15) is 0 Å². The van der Waals surface area contributed by atoms with E-state index in [-0.39, 0.29) is 12.1 Å². The molecule has 0 aliphatic carbocycles. The largest absolute Gasteiger partial charge is 0.366 e. The molecular formula is C15H20N6O2. The number of morpholine rings is 1. The van der Waals surface area contributed by atoms with Crippen LogP contribution in [0.4, 0.5) is 10.5 Å². The van der Waals surface area contributed by atoms with Crippen LogP contribution in [-0.4, -0.2) is 50.4 Å². The number of carbonyl (C=O) groups is 1. The molecule has 122 valence electrons. The summed E-state index contributed by atoms with van der Waals surface area (Å²) in [5.74, 6) is 0.752. The van der Waals surface area contributed by atoms with Crippen LogP contribution in [-0.2, 0) is 11.3 Å². The molecule has 2 amide bonds. The molecule has 1 fully saturated rings. The lowest BCUT2D eigenvalue weighted by atomic mass is 10.2. The predicted octanol–water partition coefficient (Wildman–Crippen LogP) is 1.61. The highest BCUT2D eigenvalue weighted by atomic mass is 16.5. The summed E-state index contributed by atoms with van der Waals surface area (Å²) in [6, 6.07) is 3.54. The minimum atomic E-state index is -0.256. The van der Waals surface area contributed by atoms with Crippen molar-refractivity contribution in [3.63, 3.8) is 0 Å². The van der Waals surface area contributed by atoms with E-state index in [1.165, 1.54) is 0 Å². The van der Waals surface area contributed by atoms with Crippen molar-refractivity contribution in [2.24, 2.45) is 0 Å². The summed E-state index contributed by atoms with van der Waals surface area (Å²) >= 11 is 0. The van der Waals surface area contributed by atoms with Crippen LogP contribution in [0.2, 0.25) is 0 Å². The second-order valence-electron chi connectivity index (χ2n) is 5.40. The van der Waals surface area contributed by atoms with E-state index in [0.717, 1.165) is 18.1 Å². The van der Waals surface area contributed by atoms with Crippen LogP contribution in [0.3, 0.4) is 0 Å². The minimum Gasteiger partial charge on any atom is -0.366 e. The number of hydrogen-bond acceptors (Lipinski definition) is 5. The molecule has 3 heterocycles. The number of amides is 2. The quantitative estimate of drug-likeness (QED) is 0.930. The van der Waals surface area contributed by atoms with E-state index in [1.54, 1.807) is 17.4 Å². The molecule has 0 bridgehead atoms. The van der Waals surface area contributed by atoms with E-state index in [2.05, 4.69) is 20.5 Å². The topological polar surface area (TPSA) is 85.2 Å². The number of ether oxygens (including phenoxy) is 1. The number of nitrogens with one attached hydrogen (secondary N) is 1. The molecule has 0 unspecified atom stereocenters. The number of pyridine rings is 1. The predicted molar refractivity (Wildman–Crippen MR) is 84.0 cm³/mol.